The van der Waals surface area contributed by atoms with E-state index in [1.807, 2.05) is 24.4 Å². The highest BCUT2D eigenvalue weighted by Gasteiger charge is 2.15. The molecule has 3 aromatic rings. The Morgan fingerprint density at radius 2 is 2.10 bits per heavy atom. The Balaban J connectivity index is 1.68. The zero-order chi connectivity index (χ0) is 14.2. The molecule has 1 N–H and O–H groups in total. The van der Waals surface area contributed by atoms with Crippen LogP contribution in [0.1, 0.15) is 9.88 Å². The second-order valence-corrected chi connectivity index (χ2v) is 6.12. The van der Waals surface area contributed by atoms with Gasteiger partial charge >= 0.3 is 0 Å². The van der Waals surface area contributed by atoms with Crippen LogP contribution in [0.25, 0.3) is 10.8 Å². The van der Waals surface area contributed by atoms with Gasteiger partial charge in [-0.3, -0.25) is 0 Å². The summed E-state index contributed by atoms with van der Waals surface area (Å²) in [5.41, 5.74) is 0. The number of pyridine rings is 1. The third kappa shape index (κ3) is 2.27. The second-order valence-electron chi connectivity index (χ2n) is 4.80. The number of benzene rings is 1. The van der Waals surface area contributed by atoms with Gasteiger partial charge in [-0.1, -0.05) is 0 Å². The van der Waals surface area contributed by atoms with Crippen molar-refractivity contribution < 1.29 is 9.47 Å². The van der Waals surface area contributed by atoms with E-state index in [1.165, 1.54) is 4.88 Å². The van der Waals surface area contributed by atoms with Gasteiger partial charge in [0.15, 0.2) is 11.5 Å². The molecule has 1 aliphatic heterocycles. The maximum Gasteiger partial charge on any atom is 0.231 e. The van der Waals surface area contributed by atoms with Gasteiger partial charge in [-0.2, -0.15) is 0 Å². The van der Waals surface area contributed by atoms with E-state index >= 15 is 0 Å². The molecule has 1 aromatic carbocycles. The Hall–Kier alpha value is -2.34. The van der Waals surface area contributed by atoms with Crippen molar-refractivity contribution in [3.05, 3.63) is 40.5 Å². The topological polar surface area (TPSA) is 56.3 Å². The number of nitrogens with zero attached hydrogens (tertiary/aromatic N) is 2. The minimum atomic E-state index is 0.278. The fourth-order valence-electron chi connectivity index (χ4n) is 2.35. The summed E-state index contributed by atoms with van der Waals surface area (Å²) in [4.78, 5) is 9.99. The maximum atomic E-state index is 5.44. The average Bonchev–Trinajstić information content (AvgIpc) is 3.11. The van der Waals surface area contributed by atoms with E-state index in [2.05, 4.69) is 22.2 Å². The Morgan fingerprint density at radius 3 is 2.90 bits per heavy atom. The SMILES string of the molecule is Cc1cnc(CNc2nccc3cc4c(cc23)OCO4)s1. The van der Waals surface area contributed by atoms with Gasteiger partial charge < -0.3 is 14.8 Å². The van der Waals surface area contributed by atoms with E-state index in [4.69, 9.17) is 9.47 Å². The molecular formula is C15H13N3O2S. The summed E-state index contributed by atoms with van der Waals surface area (Å²) in [7, 11) is 0. The number of aryl methyl sites for hydroxylation is 1. The standard InChI is InChI=1S/C15H13N3O2S/c1-9-6-17-14(21-9)7-18-15-11-5-13-12(19-8-20-13)4-10(11)2-3-16-15/h2-6H,7-8H2,1H3,(H,16,18). The molecule has 0 saturated heterocycles. The van der Waals surface area contributed by atoms with E-state index in [0.717, 1.165) is 33.1 Å². The predicted molar refractivity (Wildman–Crippen MR) is 82.0 cm³/mol. The molecule has 0 saturated carbocycles. The van der Waals surface area contributed by atoms with Crippen LogP contribution in [0, 0.1) is 6.92 Å². The van der Waals surface area contributed by atoms with Crippen LogP contribution in [-0.2, 0) is 6.54 Å². The van der Waals surface area contributed by atoms with Crippen molar-refractivity contribution >= 4 is 27.9 Å². The molecule has 3 heterocycles. The predicted octanol–water partition coefficient (Wildman–Crippen LogP) is 3.34. The third-order valence-corrected chi connectivity index (χ3v) is 4.25. The molecule has 6 heteroatoms. The Bertz CT molecular complexity index is 816. The van der Waals surface area contributed by atoms with Gasteiger partial charge in [0.05, 0.1) is 6.54 Å². The van der Waals surface area contributed by atoms with Crippen LogP contribution in [0.3, 0.4) is 0 Å². The quantitative estimate of drug-likeness (QED) is 0.804. The lowest BCUT2D eigenvalue weighted by atomic mass is 10.1. The van der Waals surface area contributed by atoms with E-state index in [0.29, 0.717) is 6.54 Å². The molecular weight excluding hydrogens is 286 g/mol. The largest absolute Gasteiger partial charge is 0.454 e. The average molecular weight is 299 g/mol. The molecule has 5 nitrogen and oxygen atoms in total. The van der Waals surface area contributed by atoms with Crippen LogP contribution >= 0.6 is 11.3 Å². The van der Waals surface area contributed by atoms with Crippen molar-refractivity contribution in [3.63, 3.8) is 0 Å². The van der Waals surface area contributed by atoms with Gasteiger partial charge in [0.1, 0.15) is 10.8 Å². The van der Waals surface area contributed by atoms with Gasteiger partial charge in [0.2, 0.25) is 6.79 Å². The minimum Gasteiger partial charge on any atom is -0.454 e. The molecule has 106 valence electrons. The van der Waals surface area contributed by atoms with E-state index < -0.39 is 0 Å². The first-order valence-electron chi connectivity index (χ1n) is 6.63. The van der Waals surface area contributed by atoms with Crippen LogP contribution in [0.2, 0.25) is 0 Å². The van der Waals surface area contributed by atoms with Crippen LogP contribution in [0.5, 0.6) is 11.5 Å². The van der Waals surface area contributed by atoms with Crippen LogP contribution < -0.4 is 14.8 Å². The van der Waals surface area contributed by atoms with Crippen LogP contribution in [0.4, 0.5) is 5.82 Å². The van der Waals surface area contributed by atoms with Crippen molar-refractivity contribution in [2.75, 3.05) is 12.1 Å². The molecule has 0 fully saturated rings. The third-order valence-electron chi connectivity index (χ3n) is 3.33. The van der Waals surface area contributed by atoms with Crippen molar-refractivity contribution in [1.82, 2.24) is 9.97 Å². The summed E-state index contributed by atoms with van der Waals surface area (Å²) in [6.07, 6.45) is 3.68. The molecule has 4 rings (SSSR count). The zero-order valence-electron chi connectivity index (χ0n) is 11.4. The lowest BCUT2D eigenvalue weighted by molar-refractivity contribution is 0.174. The van der Waals surface area contributed by atoms with Gasteiger partial charge in [0, 0.05) is 22.7 Å². The monoisotopic (exact) mass is 299 g/mol. The van der Waals surface area contributed by atoms with Crippen molar-refractivity contribution in [2.24, 2.45) is 0 Å². The Labute approximate surface area is 125 Å². The van der Waals surface area contributed by atoms with Crippen molar-refractivity contribution in [1.29, 1.82) is 0 Å². The first-order chi connectivity index (χ1) is 10.3. The molecule has 0 atom stereocenters. The minimum absolute atomic E-state index is 0.278. The molecule has 0 bridgehead atoms. The molecule has 0 unspecified atom stereocenters. The zero-order valence-corrected chi connectivity index (χ0v) is 12.2. The molecule has 1 aliphatic rings. The summed E-state index contributed by atoms with van der Waals surface area (Å²) >= 11 is 1.69. The smallest absolute Gasteiger partial charge is 0.231 e. The Morgan fingerprint density at radius 1 is 1.24 bits per heavy atom. The highest BCUT2D eigenvalue weighted by Crippen LogP contribution is 2.37. The first-order valence-corrected chi connectivity index (χ1v) is 7.45. The molecule has 0 spiro atoms. The summed E-state index contributed by atoms with van der Waals surface area (Å²) in [5.74, 6) is 2.39. The number of hydrogen-bond donors (Lipinski definition) is 1. The number of nitrogens with one attached hydrogen (secondary N) is 1. The number of ether oxygens (including phenoxy) is 2. The van der Waals surface area contributed by atoms with E-state index in [1.54, 1.807) is 17.5 Å². The lowest BCUT2D eigenvalue weighted by Gasteiger charge is -2.08. The Kier molecular flexibility index (Phi) is 2.89. The summed E-state index contributed by atoms with van der Waals surface area (Å²) in [5, 5.41) is 6.50. The highest BCUT2D eigenvalue weighted by molar-refractivity contribution is 7.11. The fraction of sp³-hybridized carbons (Fsp3) is 0.200. The van der Waals surface area contributed by atoms with Gasteiger partial charge in [-0.05, 0) is 30.5 Å². The molecule has 0 radical (unpaired) electrons. The van der Waals surface area contributed by atoms with Crippen molar-refractivity contribution in [2.45, 2.75) is 13.5 Å². The molecule has 2 aromatic heterocycles. The molecule has 21 heavy (non-hydrogen) atoms. The van der Waals surface area contributed by atoms with Crippen molar-refractivity contribution in [3.8, 4) is 11.5 Å². The number of thiazole rings is 1. The van der Waals surface area contributed by atoms with Crippen LogP contribution in [0.15, 0.2) is 30.6 Å². The summed E-state index contributed by atoms with van der Waals surface area (Å²) in [6, 6.07) is 5.92. The van der Waals surface area contributed by atoms with E-state index in [-0.39, 0.29) is 6.79 Å². The second kappa shape index (κ2) is 4.89. The number of aromatic nitrogens is 2. The van der Waals surface area contributed by atoms with Gasteiger partial charge in [-0.15, -0.1) is 11.3 Å². The fourth-order valence-corrected chi connectivity index (χ4v) is 3.07. The molecule has 0 amide bonds. The van der Waals surface area contributed by atoms with E-state index in [9.17, 15) is 0 Å². The van der Waals surface area contributed by atoms with Crippen LogP contribution in [-0.4, -0.2) is 16.8 Å². The normalized spacial score (nSPS) is 12.8. The number of hydrogen-bond acceptors (Lipinski definition) is 6. The summed E-state index contributed by atoms with van der Waals surface area (Å²) < 4.78 is 10.8. The number of fused-ring (bicyclic) bond motifs is 2. The maximum absolute atomic E-state index is 5.44. The number of anilines is 1. The highest BCUT2D eigenvalue weighted by atomic mass is 32.1. The summed E-state index contributed by atoms with van der Waals surface area (Å²) in [6.45, 7) is 3.00. The van der Waals surface area contributed by atoms with Gasteiger partial charge in [-0.25, -0.2) is 9.97 Å². The first kappa shape index (κ1) is 12.4. The van der Waals surface area contributed by atoms with Gasteiger partial charge in [0.25, 0.3) is 0 Å². The number of rotatable bonds is 3. The molecule has 0 aliphatic carbocycles. The lowest BCUT2D eigenvalue weighted by Crippen LogP contribution is -2.01.